The molecule has 0 aliphatic heterocycles. The molecule has 0 radical (unpaired) electrons. The molecule has 0 atom stereocenters. The smallest absolute Gasteiger partial charge is 0.255 e. The summed E-state index contributed by atoms with van der Waals surface area (Å²) in [7, 11) is 3.24. The quantitative estimate of drug-likeness (QED) is 0.864. The van der Waals surface area contributed by atoms with E-state index in [0.717, 1.165) is 42.7 Å². The molecular formula is C20H24N2O4. The molecule has 0 spiro atoms. The highest BCUT2D eigenvalue weighted by Crippen LogP contribution is 2.30. The average Bonchev–Trinajstić information content (AvgIpc) is 3.20. The number of ether oxygens (including phenoxy) is 2. The number of methoxy groups -OCH3 is 2. The van der Waals surface area contributed by atoms with Crippen LogP contribution in [0, 0.1) is 0 Å². The number of hydrogen-bond acceptors (Lipinski definition) is 4. The Balaban J connectivity index is 1.93. The van der Waals surface area contributed by atoms with Gasteiger partial charge in [-0.1, -0.05) is 12.8 Å². The fraction of sp³-hybridized carbons (Fsp3) is 0.400. The molecule has 1 aliphatic rings. The highest BCUT2D eigenvalue weighted by molar-refractivity contribution is 5.94. The molecule has 138 valence electrons. The van der Waals surface area contributed by atoms with Crippen molar-refractivity contribution in [2.24, 2.45) is 0 Å². The van der Waals surface area contributed by atoms with E-state index in [1.54, 1.807) is 20.3 Å². The number of benzene rings is 1. The standard InChI is InChI=1S/C20H24N2O4/c1-25-17-8-9-18(26-2)15(11-17)13-22(16-5-3-4-6-16)20(24)14-7-10-19(23)21-12-14/h7-12,16H,3-6,13H2,1-2H3,(H,21,23). The molecule has 0 bridgehead atoms. The minimum atomic E-state index is -0.219. The van der Waals surface area contributed by atoms with Gasteiger partial charge in [-0.15, -0.1) is 0 Å². The zero-order chi connectivity index (χ0) is 18.5. The number of amides is 1. The topological polar surface area (TPSA) is 71.6 Å². The molecule has 1 heterocycles. The van der Waals surface area contributed by atoms with Gasteiger partial charge in [0.05, 0.1) is 26.3 Å². The van der Waals surface area contributed by atoms with Gasteiger partial charge in [0, 0.05) is 23.9 Å². The van der Waals surface area contributed by atoms with Crippen molar-refractivity contribution in [2.45, 2.75) is 38.3 Å². The van der Waals surface area contributed by atoms with Gasteiger partial charge >= 0.3 is 0 Å². The van der Waals surface area contributed by atoms with Crippen molar-refractivity contribution in [3.05, 3.63) is 58.0 Å². The summed E-state index contributed by atoms with van der Waals surface area (Å²) < 4.78 is 10.8. The van der Waals surface area contributed by atoms with Crippen molar-refractivity contribution in [2.75, 3.05) is 14.2 Å². The minimum Gasteiger partial charge on any atom is -0.497 e. The van der Waals surface area contributed by atoms with Gasteiger partial charge in [-0.2, -0.15) is 0 Å². The summed E-state index contributed by atoms with van der Waals surface area (Å²) in [6, 6.07) is 8.74. The highest BCUT2D eigenvalue weighted by atomic mass is 16.5. The fourth-order valence-electron chi connectivity index (χ4n) is 3.48. The Morgan fingerprint density at radius 3 is 2.54 bits per heavy atom. The Hall–Kier alpha value is -2.76. The van der Waals surface area contributed by atoms with Crippen LogP contribution in [0.2, 0.25) is 0 Å². The van der Waals surface area contributed by atoms with Gasteiger partial charge < -0.3 is 19.4 Å². The lowest BCUT2D eigenvalue weighted by Crippen LogP contribution is -2.38. The first-order valence-corrected chi connectivity index (χ1v) is 8.83. The molecule has 1 aromatic carbocycles. The van der Waals surface area contributed by atoms with Crippen molar-refractivity contribution >= 4 is 5.91 Å². The number of hydrogen-bond donors (Lipinski definition) is 1. The predicted octanol–water partition coefficient (Wildman–Crippen LogP) is 2.98. The number of nitrogens with zero attached hydrogens (tertiary/aromatic N) is 1. The second-order valence-electron chi connectivity index (χ2n) is 6.49. The zero-order valence-corrected chi connectivity index (χ0v) is 15.2. The summed E-state index contributed by atoms with van der Waals surface area (Å²) in [5.41, 5.74) is 1.17. The number of carbonyl (C=O) groups excluding carboxylic acids is 1. The number of rotatable bonds is 6. The third kappa shape index (κ3) is 3.90. The number of carbonyl (C=O) groups is 1. The Bertz CT molecular complexity index is 804. The number of aromatic nitrogens is 1. The second kappa shape index (κ2) is 8.08. The van der Waals surface area contributed by atoms with Crippen LogP contribution in [0.5, 0.6) is 11.5 Å². The minimum absolute atomic E-state index is 0.0852. The molecule has 6 heteroatoms. The van der Waals surface area contributed by atoms with Crippen molar-refractivity contribution in [3.8, 4) is 11.5 Å². The van der Waals surface area contributed by atoms with Crippen LogP contribution in [0.25, 0.3) is 0 Å². The molecule has 1 aromatic heterocycles. The number of nitrogens with one attached hydrogen (secondary N) is 1. The lowest BCUT2D eigenvalue weighted by Gasteiger charge is -2.30. The maximum atomic E-state index is 13.1. The summed E-state index contributed by atoms with van der Waals surface area (Å²) in [6.45, 7) is 0.434. The predicted molar refractivity (Wildman–Crippen MR) is 98.7 cm³/mol. The van der Waals surface area contributed by atoms with Crippen LogP contribution in [0.15, 0.2) is 41.3 Å². The molecule has 1 aliphatic carbocycles. The lowest BCUT2D eigenvalue weighted by molar-refractivity contribution is 0.0662. The average molecular weight is 356 g/mol. The number of H-pyrrole nitrogens is 1. The first-order valence-electron chi connectivity index (χ1n) is 8.83. The van der Waals surface area contributed by atoms with Crippen LogP contribution < -0.4 is 15.0 Å². The van der Waals surface area contributed by atoms with Gasteiger partial charge in [0.25, 0.3) is 5.91 Å². The van der Waals surface area contributed by atoms with Gasteiger partial charge in [-0.3, -0.25) is 9.59 Å². The monoisotopic (exact) mass is 356 g/mol. The van der Waals surface area contributed by atoms with Gasteiger partial charge in [-0.05, 0) is 37.1 Å². The Kier molecular flexibility index (Phi) is 5.61. The van der Waals surface area contributed by atoms with Crippen molar-refractivity contribution in [1.82, 2.24) is 9.88 Å². The SMILES string of the molecule is COc1ccc(OC)c(CN(C(=O)c2ccc(=O)[nH]c2)C2CCCC2)c1. The van der Waals surface area contributed by atoms with Crippen molar-refractivity contribution in [1.29, 1.82) is 0 Å². The summed E-state index contributed by atoms with van der Waals surface area (Å²) in [6.07, 6.45) is 5.70. The molecule has 3 rings (SSSR count). The van der Waals surface area contributed by atoms with E-state index in [0.29, 0.717) is 12.1 Å². The third-order valence-electron chi connectivity index (χ3n) is 4.89. The molecule has 2 aromatic rings. The third-order valence-corrected chi connectivity index (χ3v) is 4.89. The van der Waals surface area contributed by atoms with E-state index in [4.69, 9.17) is 9.47 Å². The van der Waals surface area contributed by atoms with E-state index in [-0.39, 0.29) is 17.5 Å². The molecule has 1 fully saturated rings. The van der Waals surface area contributed by atoms with E-state index in [1.807, 2.05) is 23.1 Å². The van der Waals surface area contributed by atoms with Crippen LogP contribution in [0.1, 0.15) is 41.6 Å². The lowest BCUT2D eigenvalue weighted by atomic mass is 10.1. The van der Waals surface area contributed by atoms with Crippen LogP contribution in [-0.2, 0) is 6.54 Å². The molecule has 1 saturated carbocycles. The Labute approximate surface area is 152 Å². The van der Waals surface area contributed by atoms with Gasteiger partial charge in [0.2, 0.25) is 5.56 Å². The van der Waals surface area contributed by atoms with E-state index >= 15 is 0 Å². The molecule has 0 unspecified atom stereocenters. The highest BCUT2D eigenvalue weighted by Gasteiger charge is 2.28. The summed E-state index contributed by atoms with van der Waals surface area (Å²) >= 11 is 0. The number of aromatic amines is 1. The summed E-state index contributed by atoms with van der Waals surface area (Å²) in [5, 5.41) is 0. The van der Waals surface area contributed by atoms with E-state index in [2.05, 4.69) is 4.98 Å². The maximum absolute atomic E-state index is 13.1. The Morgan fingerprint density at radius 1 is 1.15 bits per heavy atom. The molecule has 0 saturated heterocycles. The van der Waals surface area contributed by atoms with E-state index in [1.165, 1.54) is 12.3 Å². The zero-order valence-electron chi connectivity index (χ0n) is 15.2. The van der Waals surface area contributed by atoms with Crippen molar-refractivity contribution in [3.63, 3.8) is 0 Å². The summed E-state index contributed by atoms with van der Waals surface area (Å²) in [4.78, 5) is 28.9. The van der Waals surface area contributed by atoms with Crippen LogP contribution in [-0.4, -0.2) is 36.1 Å². The van der Waals surface area contributed by atoms with Crippen molar-refractivity contribution < 1.29 is 14.3 Å². The Morgan fingerprint density at radius 2 is 1.92 bits per heavy atom. The normalized spacial score (nSPS) is 14.2. The first kappa shape index (κ1) is 18.0. The van der Waals surface area contributed by atoms with E-state index < -0.39 is 0 Å². The van der Waals surface area contributed by atoms with Gasteiger partial charge in [0.15, 0.2) is 0 Å². The molecule has 1 N–H and O–H groups in total. The van der Waals surface area contributed by atoms with Crippen LogP contribution >= 0.6 is 0 Å². The second-order valence-corrected chi connectivity index (χ2v) is 6.49. The maximum Gasteiger partial charge on any atom is 0.255 e. The molecular weight excluding hydrogens is 332 g/mol. The van der Waals surface area contributed by atoms with Gasteiger partial charge in [-0.25, -0.2) is 0 Å². The van der Waals surface area contributed by atoms with E-state index in [9.17, 15) is 9.59 Å². The van der Waals surface area contributed by atoms with Crippen LogP contribution in [0.4, 0.5) is 0 Å². The number of pyridine rings is 1. The van der Waals surface area contributed by atoms with Crippen LogP contribution in [0.3, 0.4) is 0 Å². The molecule has 6 nitrogen and oxygen atoms in total. The van der Waals surface area contributed by atoms with Gasteiger partial charge in [0.1, 0.15) is 11.5 Å². The first-order chi connectivity index (χ1) is 12.6. The molecule has 26 heavy (non-hydrogen) atoms. The largest absolute Gasteiger partial charge is 0.497 e. The molecule has 1 amide bonds. The summed E-state index contributed by atoms with van der Waals surface area (Å²) in [5.74, 6) is 1.37. The fourth-order valence-corrected chi connectivity index (χ4v) is 3.48.